The van der Waals surface area contributed by atoms with Crippen molar-refractivity contribution in [2.45, 2.75) is 11.7 Å². The highest BCUT2D eigenvalue weighted by atomic mass is 35.5. The second kappa shape index (κ2) is 12.1. The molecule has 0 aliphatic heterocycles. The molecule has 0 saturated heterocycles. The molecule has 4 aromatic rings. The number of aliphatic hydroxyl groups is 1. The summed E-state index contributed by atoms with van der Waals surface area (Å²) in [6.07, 6.45) is 0. The predicted octanol–water partition coefficient (Wildman–Crippen LogP) is 5.34. The lowest BCUT2D eigenvalue weighted by Crippen LogP contribution is -2.25. The minimum atomic E-state index is -0.650. The van der Waals surface area contributed by atoms with Gasteiger partial charge in [-0.15, -0.1) is 10.2 Å². The van der Waals surface area contributed by atoms with Gasteiger partial charge in [-0.05, 0) is 54.1 Å². The quantitative estimate of drug-likeness (QED) is 0.130. The minimum absolute atomic E-state index is 0.0595. The molecule has 1 amide bonds. The number of thioether (sulfide) groups is 1. The number of ether oxygens (including phenoxy) is 1. The Morgan fingerprint density at radius 2 is 1.78 bits per heavy atom. The standard InChI is InChI=1S/C27H22ClN5O3S/c1-36-22-13-7-19(8-14-22)25-31-32-27(33(25)21-11-9-20(28)10-12-21)37-17-24(34)23(15-29)26(35)30-16-18-5-3-2-4-6-18/h2-14,34H,16-17H2,1H3,(H,30,35). The van der Waals surface area contributed by atoms with Crippen LogP contribution in [0.3, 0.4) is 0 Å². The Kier molecular flexibility index (Phi) is 8.46. The maximum atomic E-state index is 12.5. The molecule has 0 atom stereocenters. The van der Waals surface area contributed by atoms with Gasteiger partial charge < -0.3 is 15.2 Å². The molecule has 1 heterocycles. The lowest BCUT2D eigenvalue weighted by atomic mass is 10.2. The number of carbonyl (C=O) groups is 1. The van der Waals surface area contributed by atoms with E-state index in [-0.39, 0.29) is 23.6 Å². The SMILES string of the molecule is COc1ccc(-c2nnc(SCC(O)=C(C#N)C(=O)NCc3ccccc3)n2-c2ccc(Cl)cc2)cc1. The first-order valence-corrected chi connectivity index (χ1v) is 12.5. The van der Waals surface area contributed by atoms with Crippen LogP contribution in [0.25, 0.3) is 17.1 Å². The molecule has 0 unspecified atom stereocenters. The second-order valence-electron chi connectivity index (χ2n) is 7.74. The number of carbonyl (C=O) groups excluding carboxylic acids is 1. The maximum Gasteiger partial charge on any atom is 0.265 e. The Bertz CT molecular complexity index is 1450. The summed E-state index contributed by atoms with van der Waals surface area (Å²) in [5.74, 6) is 0.213. The normalized spacial score (nSPS) is 11.4. The summed E-state index contributed by atoms with van der Waals surface area (Å²) in [4.78, 5) is 12.5. The summed E-state index contributed by atoms with van der Waals surface area (Å²) in [5, 5.41) is 32.5. The van der Waals surface area contributed by atoms with E-state index in [1.807, 2.05) is 71.3 Å². The molecule has 0 bridgehead atoms. The third-order valence-corrected chi connectivity index (χ3v) is 6.52. The summed E-state index contributed by atoms with van der Waals surface area (Å²) in [7, 11) is 1.59. The van der Waals surface area contributed by atoms with Crippen molar-refractivity contribution < 1.29 is 14.6 Å². The van der Waals surface area contributed by atoms with Crippen LogP contribution in [0.5, 0.6) is 5.75 Å². The molecule has 0 aliphatic carbocycles. The topological polar surface area (TPSA) is 113 Å². The fraction of sp³-hybridized carbons (Fsp3) is 0.111. The third-order valence-electron chi connectivity index (χ3n) is 5.33. The number of halogens is 1. The molecule has 1 aromatic heterocycles. The molecule has 0 saturated carbocycles. The molecule has 10 heteroatoms. The zero-order valence-corrected chi connectivity index (χ0v) is 21.3. The molecule has 0 aliphatic rings. The van der Waals surface area contributed by atoms with Crippen molar-refractivity contribution in [1.82, 2.24) is 20.1 Å². The fourth-order valence-electron chi connectivity index (χ4n) is 3.43. The van der Waals surface area contributed by atoms with Gasteiger partial charge in [0.05, 0.1) is 12.9 Å². The van der Waals surface area contributed by atoms with Gasteiger partial charge in [-0.25, -0.2) is 0 Å². The highest BCUT2D eigenvalue weighted by molar-refractivity contribution is 7.99. The number of nitriles is 1. The fourth-order valence-corrected chi connectivity index (χ4v) is 4.39. The van der Waals surface area contributed by atoms with Crippen LogP contribution in [-0.4, -0.2) is 38.6 Å². The summed E-state index contributed by atoms with van der Waals surface area (Å²) in [6, 6.07) is 25.7. The largest absolute Gasteiger partial charge is 0.510 e. The zero-order valence-electron chi connectivity index (χ0n) is 19.8. The van der Waals surface area contributed by atoms with Crippen LogP contribution in [0.1, 0.15) is 5.56 Å². The first kappa shape index (κ1) is 25.8. The van der Waals surface area contributed by atoms with E-state index >= 15 is 0 Å². The zero-order chi connectivity index (χ0) is 26.2. The first-order chi connectivity index (χ1) is 18.0. The van der Waals surface area contributed by atoms with Gasteiger partial charge in [-0.2, -0.15) is 5.26 Å². The van der Waals surface area contributed by atoms with Crippen molar-refractivity contribution in [2.75, 3.05) is 12.9 Å². The number of benzene rings is 3. The molecule has 4 rings (SSSR count). The van der Waals surface area contributed by atoms with E-state index in [4.69, 9.17) is 16.3 Å². The smallest absolute Gasteiger partial charge is 0.265 e. The summed E-state index contributed by atoms with van der Waals surface area (Å²) < 4.78 is 7.06. The molecule has 0 radical (unpaired) electrons. The van der Waals surface area contributed by atoms with E-state index in [9.17, 15) is 15.2 Å². The van der Waals surface area contributed by atoms with E-state index in [0.29, 0.717) is 21.8 Å². The lowest BCUT2D eigenvalue weighted by Gasteiger charge is -2.11. The molecule has 8 nitrogen and oxygen atoms in total. The predicted molar refractivity (Wildman–Crippen MR) is 143 cm³/mol. The van der Waals surface area contributed by atoms with Crippen molar-refractivity contribution in [3.05, 3.63) is 101 Å². The van der Waals surface area contributed by atoms with Crippen molar-refractivity contribution >= 4 is 29.3 Å². The molecule has 186 valence electrons. The Hall–Kier alpha value is -4.26. The Morgan fingerprint density at radius 3 is 2.43 bits per heavy atom. The third kappa shape index (κ3) is 6.30. The summed E-state index contributed by atoms with van der Waals surface area (Å²) in [5.41, 5.74) is 2.08. The van der Waals surface area contributed by atoms with E-state index < -0.39 is 5.91 Å². The van der Waals surface area contributed by atoms with Crippen LogP contribution in [0.15, 0.2) is 95.4 Å². The number of nitrogens with zero attached hydrogens (tertiary/aromatic N) is 4. The van der Waals surface area contributed by atoms with Gasteiger partial charge >= 0.3 is 0 Å². The summed E-state index contributed by atoms with van der Waals surface area (Å²) >= 11 is 7.23. The number of aromatic nitrogens is 3. The van der Waals surface area contributed by atoms with Gasteiger partial charge in [-0.1, -0.05) is 53.7 Å². The number of hydrogen-bond donors (Lipinski definition) is 2. The van der Waals surface area contributed by atoms with E-state index in [1.54, 1.807) is 25.3 Å². The average Bonchev–Trinajstić information content (AvgIpc) is 3.36. The summed E-state index contributed by atoms with van der Waals surface area (Å²) in [6.45, 7) is 0.237. The molecule has 0 spiro atoms. The molecule has 2 N–H and O–H groups in total. The van der Waals surface area contributed by atoms with Crippen LogP contribution in [0.2, 0.25) is 5.02 Å². The molecular weight excluding hydrogens is 510 g/mol. The van der Waals surface area contributed by atoms with Crippen LogP contribution in [0, 0.1) is 11.3 Å². The molecule has 3 aromatic carbocycles. The van der Waals surface area contributed by atoms with Crippen molar-refractivity contribution in [3.8, 4) is 28.9 Å². The van der Waals surface area contributed by atoms with Gasteiger partial charge in [0.2, 0.25) is 0 Å². The number of hydrogen-bond acceptors (Lipinski definition) is 7. The minimum Gasteiger partial charge on any atom is -0.510 e. The second-order valence-corrected chi connectivity index (χ2v) is 9.12. The van der Waals surface area contributed by atoms with Gasteiger partial charge in [0.1, 0.15) is 17.6 Å². The lowest BCUT2D eigenvalue weighted by molar-refractivity contribution is -0.117. The van der Waals surface area contributed by atoms with Gasteiger partial charge in [0.25, 0.3) is 5.91 Å². The van der Waals surface area contributed by atoms with Gasteiger partial charge in [0, 0.05) is 22.8 Å². The number of rotatable bonds is 9. The Morgan fingerprint density at radius 1 is 1.08 bits per heavy atom. The van der Waals surface area contributed by atoms with Crippen molar-refractivity contribution in [1.29, 1.82) is 5.26 Å². The average molecular weight is 532 g/mol. The maximum absolute atomic E-state index is 12.5. The number of amides is 1. The highest BCUT2D eigenvalue weighted by Gasteiger charge is 2.20. The van der Waals surface area contributed by atoms with Crippen LogP contribution < -0.4 is 10.1 Å². The van der Waals surface area contributed by atoms with E-state index in [0.717, 1.165) is 28.6 Å². The Balaban J connectivity index is 1.58. The van der Waals surface area contributed by atoms with Crippen molar-refractivity contribution in [2.24, 2.45) is 0 Å². The number of aliphatic hydroxyl groups excluding tert-OH is 1. The van der Waals surface area contributed by atoms with Crippen LogP contribution in [-0.2, 0) is 11.3 Å². The number of methoxy groups -OCH3 is 1. The Labute approximate surface area is 223 Å². The number of nitrogens with one attached hydrogen (secondary N) is 1. The highest BCUT2D eigenvalue weighted by Crippen LogP contribution is 2.30. The van der Waals surface area contributed by atoms with Crippen LogP contribution in [0.4, 0.5) is 0 Å². The van der Waals surface area contributed by atoms with Crippen LogP contribution >= 0.6 is 23.4 Å². The van der Waals surface area contributed by atoms with E-state index in [1.165, 1.54) is 0 Å². The molecule has 37 heavy (non-hydrogen) atoms. The van der Waals surface area contributed by atoms with Gasteiger partial charge in [0.15, 0.2) is 16.6 Å². The monoisotopic (exact) mass is 531 g/mol. The molecular formula is C27H22ClN5O3S. The first-order valence-electron chi connectivity index (χ1n) is 11.1. The van der Waals surface area contributed by atoms with Gasteiger partial charge in [-0.3, -0.25) is 9.36 Å². The van der Waals surface area contributed by atoms with E-state index in [2.05, 4.69) is 15.5 Å². The molecule has 0 fully saturated rings. The van der Waals surface area contributed by atoms with Crippen molar-refractivity contribution in [3.63, 3.8) is 0 Å².